The van der Waals surface area contributed by atoms with Gasteiger partial charge in [0.2, 0.25) is 29.4 Å². The number of rotatable bonds is 18. The SMILES string of the molecule is CC(C)COC(=O)N[C@@H](Cc1ccccc1)C(=O)N[C@H](Cc1ccc2ccccc2c1)C(=O)N1CCC(C(=O)N[C@@](O)(CC(C)C)C(=O)N[C@H](C(N)=O)C(C)C)CC1. The fraction of sp³-hybridized carbons (Fsp3) is 0.500. The molecule has 0 spiro atoms. The van der Waals surface area contributed by atoms with E-state index < -0.39 is 59.5 Å². The van der Waals surface area contributed by atoms with Gasteiger partial charge in [-0.25, -0.2) is 4.79 Å². The first kappa shape index (κ1) is 45.2. The second-order valence-electron chi connectivity index (χ2n) is 16.5. The second kappa shape index (κ2) is 20.8. The van der Waals surface area contributed by atoms with E-state index in [1.807, 2.05) is 86.6 Å². The average Bonchev–Trinajstić information content (AvgIpc) is 3.18. The maximum atomic E-state index is 14.4. The van der Waals surface area contributed by atoms with Crippen molar-refractivity contribution in [3.05, 3.63) is 83.9 Å². The summed E-state index contributed by atoms with van der Waals surface area (Å²) in [6.07, 6.45) is -0.0915. The lowest BCUT2D eigenvalue weighted by atomic mass is 9.92. The molecule has 0 aromatic heterocycles. The minimum Gasteiger partial charge on any atom is -0.449 e. The Bertz CT molecular complexity index is 1890. The maximum Gasteiger partial charge on any atom is 0.407 e. The van der Waals surface area contributed by atoms with Crippen molar-refractivity contribution in [3.8, 4) is 0 Å². The van der Waals surface area contributed by atoms with E-state index in [0.29, 0.717) is 0 Å². The summed E-state index contributed by atoms with van der Waals surface area (Å²) in [5.41, 5.74) is 4.80. The van der Waals surface area contributed by atoms with Gasteiger partial charge in [0.15, 0.2) is 0 Å². The lowest BCUT2D eigenvalue weighted by Gasteiger charge is -2.36. The summed E-state index contributed by atoms with van der Waals surface area (Å²) in [6.45, 7) is 11.3. The van der Waals surface area contributed by atoms with Crippen LogP contribution in [0.3, 0.4) is 0 Å². The van der Waals surface area contributed by atoms with E-state index in [4.69, 9.17) is 10.5 Å². The molecule has 58 heavy (non-hydrogen) atoms. The van der Waals surface area contributed by atoms with Crippen LogP contribution >= 0.6 is 0 Å². The van der Waals surface area contributed by atoms with Gasteiger partial charge in [0, 0.05) is 38.3 Å². The van der Waals surface area contributed by atoms with Gasteiger partial charge in [-0.2, -0.15) is 0 Å². The molecule has 1 heterocycles. The van der Waals surface area contributed by atoms with Gasteiger partial charge < -0.3 is 41.7 Å². The third-order valence-electron chi connectivity index (χ3n) is 10.2. The summed E-state index contributed by atoms with van der Waals surface area (Å²) in [5.74, 6) is -4.29. The monoisotopic (exact) mass is 800 g/mol. The Morgan fingerprint density at radius 1 is 0.776 bits per heavy atom. The number of hydrogen-bond acceptors (Lipinski definition) is 8. The highest BCUT2D eigenvalue weighted by Crippen LogP contribution is 2.23. The maximum absolute atomic E-state index is 14.4. The van der Waals surface area contributed by atoms with Crippen molar-refractivity contribution in [1.29, 1.82) is 0 Å². The van der Waals surface area contributed by atoms with Gasteiger partial charge in [0.05, 0.1) is 6.61 Å². The predicted molar refractivity (Wildman–Crippen MR) is 221 cm³/mol. The molecule has 6 amide bonds. The van der Waals surface area contributed by atoms with Crippen molar-refractivity contribution >= 4 is 46.4 Å². The minimum atomic E-state index is -2.30. The minimum absolute atomic E-state index is 0.0859. The van der Waals surface area contributed by atoms with Gasteiger partial charge in [-0.3, -0.25) is 24.0 Å². The van der Waals surface area contributed by atoms with Crippen LogP contribution in [0.1, 0.15) is 71.9 Å². The van der Waals surface area contributed by atoms with Crippen LogP contribution in [-0.2, 0) is 41.6 Å². The molecule has 0 saturated carbocycles. The molecular weight excluding hydrogens is 741 g/mol. The average molecular weight is 801 g/mol. The first-order valence-electron chi connectivity index (χ1n) is 20.1. The Morgan fingerprint density at radius 2 is 1.40 bits per heavy atom. The third-order valence-corrected chi connectivity index (χ3v) is 10.2. The number of amides is 6. The van der Waals surface area contributed by atoms with Crippen molar-refractivity contribution in [1.82, 2.24) is 26.2 Å². The molecule has 1 aliphatic rings. The van der Waals surface area contributed by atoms with Gasteiger partial charge >= 0.3 is 6.09 Å². The van der Waals surface area contributed by atoms with E-state index in [-0.39, 0.29) is 75.5 Å². The topological polar surface area (TPSA) is 209 Å². The summed E-state index contributed by atoms with van der Waals surface area (Å²) in [5, 5.41) is 24.1. The highest BCUT2D eigenvalue weighted by atomic mass is 16.5. The molecule has 14 nitrogen and oxygen atoms in total. The number of piperidine rings is 1. The molecule has 0 aliphatic carbocycles. The zero-order valence-corrected chi connectivity index (χ0v) is 34.5. The van der Waals surface area contributed by atoms with Gasteiger partial charge in [-0.15, -0.1) is 0 Å². The first-order chi connectivity index (χ1) is 27.4. The number of alkyl carbamates (subject to hydrolysis) is 1. The van der Waals surface area contributed by atoms with Crippen LogP contribution in [0.2, 0.25) is 0 Å². The summed E-state index contributed by atoms with van der Waals surface area (Å²) in [7, 11) is 0. The summed E-state index contributed by atoms with van der Waals surface area (Å²) < 4.78 is 5.34. The van der Waals surface area contributed by atoms with Crippen molar-refractivity contribution in [2.75, 3.05) is 19.7 Å². The molecule has 0 radical (unpaired) electrons. The number of primary amides is 1. The standard InChI is InChI=1S/C44H60N6O8/c1-27(2)25-44(57,42(55)48-37(29(5)6)38(45)51)49-39(52)33-18-20-50(21-19-33)41(54)36(24-31-16-17-32-14-10-11-15-34(32)22-31)46-40(53)35(23-30-12-8-7-9-13-30)47-43(56)58-26-28(3)4/h7-17,22,27-29,33,35-37,57H,18-21,23-26H2,1-6H3,(H2,45,51)(H,46,53)(H,47,56)(H,48,55)(H,49,52)/t35-,36+,37-,44+/m0/s1. The number of carbonyl (C=O) groups is 6. The predicted octanol–water partition coefficient (Wildman–Crippen LogP) is 3.58. The lowest BCUT2D eigenvalue weighted by molar-refractivity contribution is -0.155. The van der Waals surface area contributed by atoms with Crippen LogP contribution in [0.5, 0.6) is 0 Å². The first-order valence-corrected chi connectivity index (χ1v) is 20.1. The number of likely N-dealkylation sites (tertiary alicyclic amines) is 1. The van der Waals surface area contributed by atoms with Crippen LogP contribution in [0, 0.1) is 23.7 Å². The van der Waals surface area contributed by atoms with E-state index in [1.54, 1.807) is 32.6 Å². The Labute approximate surface area is 341 Å². The number of hydrogen-bond donors (Lipinski definition) is 6. The molecular formula is C44H60N6O8. The van der Waals surface area contributed by atoms with Crippen LogP contribution in [0.25, 0.3) is 10.8 Å². The second-order valence-corrected chi connectivity index (χ2v) is 16.5. The van der Waals surface area contributed by atoms with Crippen molar-refractivity contribution in [3.63, 3.8) is 0 Å². The van der Waals surface area contributed by atoms with E-state index in [0.717, 1.165) is 21.9 Å². The quantitative estimate of drug-likeness (QED) is 0.105. The number of fused-ring (bicyclic) bond motifs is 1. The molecule has 3 aromatic rings. The van der Waals surface area contributed by atoms with Crippen LogP contribution in [0.4, 0.5) is 4.79 Å². The molecule has 314 valence electrons. The molecule has 7 N–H and O–H groups in total. The Kier molecular flexibility index (Phi) is 16.2. The normalized spacial score (nSPS) is 15.9. The van der Waals surface area contributed by atoms with Crippen LogP contribution < -0.4 is 27.0 Å². The smallest absolute Gasteiger partial charge is 0.407 e. The molecule has 0 bridgehead atoms. The summed E-state index contributed by atoms with van der Waals surface area (Å²) in [6, 6.07) is 19.8. The highest BCUT2D eigenvalue weighted by Gasteiger charge is 2.42. The molecule has 4 rings (SSSR count). The summed E-state index contributed by atoms with van der Waals surface area (Å²) >= 11 is 0. The number of benzene rings is 3. The lowest BCUT2D eigenvalue weighted by Crippen LogP contribution is -2.64. The molecule has 1 aliphatic heterocycles. The summed E-state index contributed by atoms with van der Waals surface area (Å²) in [4.78, 5) is 81.8. The molecule has 1 saturated heterocycles. The molecule has 0 unspecified atom stereocenters. The van der Waals surface area contributed by atoms with Gasteiger partial charge in [-0.05, 0) is 52.5 Å². The number of nitrogens with zero attached hydrogens (tertiary/aromatic N) is 1. The van der Waals surface area contributed by atoms with Gasteiger partial charge in [0.1, 0.15) is 18.1 Å². The Morgan fingerprint density at radius 3 is 2.00 bits per heavy atom. The largest absolute Gasteiger partial charge is 0.449 e. The number of aliphatic hydroxyl groups is 1. The zero-order valence-electron chi connectivity index (χ0n) is 34.5. The molecule has 1 fully saturated rings. The fourth-order valence-corrected chi connectivity index (χ4v) is 7.07. The molecule has 3 aromatic carbocycles. The van der Waals surface area contributed by atoms with Crippen molar-refractivity contribution in [2.45, 2.75) is 97.5 Å². The fourth-order valence-electron chi connectivity index (χ4n) is 7.07. The number of carbonyl (C=O) groups excluding carboxylic acids is 6. The van der Waals surface area contributed by atoms with E-state index in [1.165, 1.54) is 0 Å². The number of ether oxygens (including phenoxy) is 1. The van der Waals surface area contributed by atoms with Gasteiger partial charge in [-0.1, -0.05) is 114 Å². The third kappa shape index (κ3) is 13.0. The Balaban J connectivity index is 1.52. The molecule has 4 atom stereocenters. The number of nitrogens with one attached hydrogen (secondary N) is 4. The number of nitrogens with two attached hydrogens (primary N) is 1. The van der Waals surface area contributed by atoms with Crippen LogP contribution in [-0.4, -0.2) is 89.2 Å². The van der Waals surface area contributed by atoms with E-state index in [2.05, 4.69) is 21.3 Å². The molecule has 14 heteroatoms. The van der Waals surface area contributed by atoms with E-state index in [9.17, 15) is 33.9 Å². The zero-order chi connectivity index (χ0) is 42.6. The van der Waals surface area contributed by atoms with Gasteiger partial charge in [0.25, 0.3) is 5.91 Å². The van der Waals surface area contributed by atoms with Crippen LogP contribution in [0.15, 0.2) is 72.8 Å². The van der Waals surface area contributed by atoms with Crippen molar-refractivity contribution in [2.24, 2.45) is 29.4 Å². The van der Waals surface area contributed by atoms with E-state index >= 15 is 0 Å². The highest BCUT2D eigenvalue weighted by molar-refractivity contribution is 5.94. The van der Waals surface area contributed by atoms with Crippen molar-refractivity contribution < 1.29 is 38.6 Å². The Hall–Kier alpha value is -5.50.